The van der Waals surface area contributed by atoms with E-state index in [0.717, 1.165) is 4.90 Å². The highest BCUT2D eigenvalue weighted by molar-refractivity contribution is 6.34. The minimum absolute atomic E-state index is 0.245. The molecule has 1 aromatic carbocycles. The van der Waals surface area contributed by atoms with Crippen molar-refractivity contribution in [1.82, 2.24) is 4.98 Å². The van der Waals surface area contributed by atoms with E-state index in [1.807, 2.05) is 0 Å². The first-order valence-corrected chi connectivity index (χ1v) is 5.85. The van der Waals surface area contributed by atoms with Crippen molar-refractivity contribution in [3.05, 3.63) is 52.7 Å². The van der Waals surface area contributed by atoms with Crippen LogP contribution in [0.25, 0.3) is 0 Å². The summed E-state index contributed by atoms with van der Waals surface area (Å²) < 4.78 is 0. The van der Waals surface area contributed by atoms with Gasteiger partial charge in [-0.2, -0.15) is 0 Å². The van der Waals surface area contributed by atoms with E-state index in [2.05, 4.69) is 4.98 Å². The molecule has 6 heteroatoms. The Morgan fingerprint density at radius 2 is 1.79 bits per heavy atom. The maximum absolute atomic E-state index is 12.2. The van der Waals surface area contributed by atoms with Crippen molar-refractivity contribution in [3.8, 4) is 0 Å². The molecule has 2 amide bonds. The highest BCUT2D eigenvalue weighted by Gasteiger charge is 2.37. The van der Waals surface area contributed by atoms with Crippen LogP contribution in [0.1, 0.15) is 20.7 Å². The van der Waals surface area contributed by atoms with Crippen molar-refractivity contribution in [2.45, 2.75) is 0 Å². The number of pyridine rings is 1. The van der Waals surface area contributed by atoms with Crippen LogP contribution >= 0.6 is 11.6 Å². The van der Waals surface area contributed by atoms with Crippen LogP contribution in [0, 0.1) is 0 Å². The van der Waals surface area contributed by atoms with E-state index >= 15 is 0 Å². The molecule has 0 saturated heterocycles. The van der Waals surface area contributed by atoms with Gasteiger partial charge < -0.3 is 5.73 Å². The number of hydrogen-bond acceptors (Lipinski definition) is 4. The Morgan fingerprint density at radius 1 is 1.05 bits per heavy atom. The number of halogens is 1. The molecule has 0 aliphatic carbocycles. The average Bonchev–Trinajstić information content (AvgIpc) is 2.63. The van der Waals surface area contributed by atoms with E-state index in [-0.39, 0.29) is 5.82 Å². The summed E-state index contributed by atoms with van der Waals surface area (Å²) in [5.74, 6) is -0.592. The number of nitrogens with zero attached hydrogens (tertiary/aromatic N) is 2. The molecule has 94 valence electrons. The third-order valence-electron chi connectivity index (χ3n) is 2.85. The lowest BCUT2D eigenvalue weighted by Gasteiger charge is -2.12. The molecule has 2 N–H and O–H groups in total. The number of nitrogen functional groups attached to an aromatic ring is 1. The number of carbonyl (C=O) groups excluding carboxylic acids is 2. The van der Waals surface area contributed by atoms with E-state index in [9.17, 15) is 9.59 Å². The van der Waals surface area contributed by atoms with Crippen LogP contribution in [0.3, 0.4) is 0 Å². The molecule has 2 heterocycles. The van der Waals surface area contributed by atoms with Gasteiger partial charge in [0.2, 0.25) is 0 Å². The van der Waals surface area contributed by atoms with Gasteiger partial charge in [-0.1, -0.05) is 11.6 Å². The number of fused-ring (bicyclic) bond motifs is 1. The SMILES string of the molecule is Nc1ccc2c(c1)C(=O)N(c1ccc(Cl)cn1)C2=O. The molecule has 0 atom stereocenters. The van der Waals surface area contributed by atoms with Crippen LogP contribution in [0.4, 0.5) is 11.5 Å². The molecule has 19 heavy (non-hydrogen) atoms. The Labute approximate surface area is 113 Å². The van der Waals surface area contributed by atoms with Crippen molar-refractivity contribution in [2.75, 3.05) is 10.6 Å². The second-order valence-electron chi connectivity index (χ2n) is 4.09. The Hall–Kier alpha value is -2.40. The molecule has 1 aliphatic rings. The van der Waals surface area contributed by atoms with Gasteiger partial charge in [-0.15, -0.1) is 0 Å². The van der Waals surface area contributed by atoms with Crippen LogP contribution in [0.2, 0.25) is 5.02 Å². The maximum Gasteiger partial charge on any atom is 0.267 e. The van der Waals surface area contributed by atoms with E-state index in [1.54, 1.807) is 18.2 Å². The number of nitrogens with two attached hydrogens (primary N) is 1. The smallest absolute Gasteiger partial charge is 0.267 e. The topological polar surface area (TPSA) is 76.3 Å². The number of amides is 2. The van der Waals surface area contributed by atoms with Crippen LogP contribution in [0.15, 0.2) is 36.5 Å². The summed E-state index contributed by atoms with van der Waals surface area (Å²) in [5, 5.41) is 0.435. The van der Waals surface area contributed by atoms with Gasteiger partial charge in [0.1, 0.15) is 5.82 Å². The van der Waals surface area contributed by atoms with Gasteiger partial charge in [-0.25, -0.2) is 9.88 Å². The molecule has 0 spiro atoms. The minimum atomic E-state index is -0.429. The van der Waals surface area contributed by atoms with Gasteiger partial charge >= 0.3 is 0 Å². The summed E-state index contributed by atoms with van der Waals surface area (Å²) in [6.07, 6.45) is 1.38. The summed E-state index contributed by atoms with van der Waals surface area (Å²) in [5.41, 5.74) is 6.69. The van der Waals surface area contributed by atoms with Crippen LogP contribution in [-0.2, 0) is 0 Å². The van der Waals surface area contributed by atoms with E-state index in [1.165, 1.54) is 18.3 Å². The zero-order chi connectivity index (χ0) is 13.6. The second-order valence-corrected chi connectivity index (χ2v) is 4.52. The quantitative estimate of drug-likeness (QED) is 0.638. The average molecular weight is 274 g/mol. The second kappa shape index (κ2) is 4.07. The Balaban J connectivity index is 2.10. The summed E-state index contributed by atoms with van der Waals surface area (Å²) >= 11 is 5.73. The maximum atomic E-state index is 12.2. The zero-order valence-electron chi connectivity index (χ0n) is 9.63. The Morgan fingerprint density at radius 3 is 2.47 bits per heavy atom. The molecule has 0 radical (unpaired) electrons. The normalized spacial score (nSPS) is 13.8. The van der Waals surface area contributed by atoms with Crippen LogP contribution in [0.5, 0.6) is 0 Å². The van der Waals surface area contributed by atoms with Gasteiger partial charge in [0, 0.05) is 11.9 Å². The van der Waals surface area contributed by atoms with E-state index < -0.39 is 11.8 Å². The Bertz CT molecular complexity index is 698. The number of aromatic nitrogens is 1. The minimum Gasteiger partial charge on any atom is -0.399 e. The lowest BCUT2D eigenvalue weighted by Crippen LogP contribution is -2.30. The van der Waals surface area contributed by atoms with Crippen molar-refractivity contribution >= 4 is 34.9 Å². The fraction of sp³-hybridized carbons (Fsp3) is 0. The predicted octanol–water partition coefficient (Wildman–Crippen LogP) is 2.12. The van der Waals surface area contributed by atoms with Crippen molar-refractivity contribution in [2.24, 2.45) is 0 Å². The highest BCUT2D eigenvalue weighted by atomic mass is 35.5. The van der Waals surface area contributed by atoms with E-state index in [4.69, 9.17) is 17.3 Å². The van der Waals surface area contributed by atoms with Crippen LogP contribution < -0.4 is 10.6 Å². The molecule has 1 aromatic heterocycles. The number of benzene rings is 1. The third-order valence-corrected chi connectivity index (χ3v) is 3.08. The zero-order valence-corrected chi connectivity index (χ0v) is 10.4. The standard InChI is InChI=1S/C13H8ClN3O2/c14-7-1-4-11(16-6-7)17-12(18)9-3-2-8(15)5-10(9)13(17)19/h1-6H,15H2. The molecule has 0 unspecified atom stereocenters. The molecule has 1 aliphatic heterocycles. The summed E-state index contributed by atoms with van der Waals surface area (Å²) in [7, 11) is 0. The lowest BCUT2D eigenvalue weighted by atomic mass is 10.1. The van der Waals surface area contributed by atoms with Gasteiger partial charge in [-0.3, -0.25) is 9.59 Å². The predicted molar refractivity (Wildman–Crippen MR) is 71.2 cm³/mol. The number of hydrogen-bond donors (Lipinski definition) is 1. The first-order chi connectivity index (χ1) is 9.08. The van der Waals surface area contributed by atoms with Gasteiger partial charge in [0.25, 0.3) is 11.8 Å². The van der Waals surface area contributed by atoms with Crippen LogP contribution in [-0.4, -0.2) is 16.8 Å². The van der Waals surface area contributed by atoms with Crippen molar-refractivity contribution < 1.29 is 9.59 Å². The monoisotopic (exact) mass is 273 g/mol. The van der Waals surface area contributed by atoms with Gasteiger partial charge in [0.15, 0.2) is 0 Å². The van der Waals surface area contributed by atoms with Gasteiger partial charge in [-0.05, 0) is 30.3 Å². The number of rotatable bonds is 1. The van der Waals surface area contributed by atoms with Crippen molar-refractivity contribution in [3.63, 3.8) is 0 Å². The van der Waals surface area contributed by atoms with E-state index in [0.29, 0.717) is 21.8 Å². The lowest BCUT2D eigenvalue weighted by molar-refractivity contribution is 0.0925. The summed E-state index contributed by atoms with van der Waals surface area (Å²) in [4.78, 5) is 29.4. The summed E-state index contributed by atoms with van der Waals surface area (Å²) in [6, 6.07) is 7.71. The molecule has 0 saturated carbocycles. The first kappa shape index (κ1) is 11.7. The fourth-order valence-corrected chi connectivity index (χ4v) is 2.08. The molecule has 5 nitrogen and oxygen atoms in total. The van der Waals surface area contributed by atoms with Crippen molar-refractivity contribution in [1.29, 1.82) is 0 Å². The fourth-order valence-electron chi connectivity index (χ4n) is 1.97. The highest BCUT2D eigenvalue weighted by Crippen LogP contribution is 2.28. The first-order valence-electron chi connectivity index (χ1n) is 5.48. The number of carbonyl (C=O) groups is 2. The number of anilines is 2. The molecule has 2 aromatic rings. The third kappa shape index (κ3) is 1.75. The number of imide groups is 1. The molecule has 0 bridgehead atoms. The Kier molecular flexibility index (Phi) is 2.50. The molecule has 0 fully saturated rings. The van der Waals surface area contributed by atoms with Gasteiger partial charge in [0.05, 0.1) is 16.1 Å². The summed E-state index contributed by atoms with van der Waals surface area (Å²) in [6.45, 7) is 0. The molecular weight excluding hydrogens is 266 g/mol. The molecular formula is C13H8ClN3O2. The largest absolute Gasteiger partial charge is 0.399 e. The molecule has 3 rings (SSSR count).